The van der Waals surface area contributed by atoms with Crippen LogP contribution < -0.4 is 16.0 Å². The molecule has 0 unspecified atom stereocenters. The molecule has 2 heterocycles. The Labute approximate surface area is 193 Å². The van der Waals surface area contributed by atoms with Gasteiger partial charge in [-0.25, -0.2) is 9.97 Å². The fourth-order valence-electron chi connectivity index (χ4n) is 4.24. The third-order valence-electron chi connectivity index (χ3n) is 5.98. The van der Waals surface area contributed by atoms with E-state index in [-0.39, 0.29) is 29.4 Å². The van der Waals surface area contributed by atoms with Crippen LogP contribution >= 0.6 is 11.6 Å². The van der Waals surface area contributed by atoms with Crippen molar-refractivity contribution in [2.75, 3.05) is 29.0 Å². The van der Waals surface area contributed by atoms with Crippen LogP contribution in [0.2, 0.25) is 5.02 Å². The van der Waals surface area contributed by atoms with Gasteiger partial charge in [0.15, 0.2) is 17.4 Å². The van der Waals surface area contributed by atoms with E-state index in [1.54, 1.807) is 6.92 Å². The zero-order chi connectivity index (χ0) is 23.3. The first-order chi connectivity index (χ1) is 15.2. The van der Waals surface area contributed by atoms with Gasteiger partial charge in [-0.2, -0.15) is 4.39 Å². The number of rotatable bonds is 9. The highest BCUT2D eigenvalue weighted by Crippen LogP contribution is 2.28. The molecular weight excluding hydrogens is 433 g/mol. The van der Waals surface area contributed by atoms with Crippen molar-refractivity contribution in [1.82, 2.24) is 9.97 Å². The maximum atomic E-state index is 14.3. The second-order valence-electron chi connectivity index (χ2n) is 8.57. The molecule has 0 radical (unpaired) electrons. The first-order valence-corrected chi connectivity index (χ1v) is 11.4. The van der Waals surface area contributed by atoms with E-state index in [2.05, 4.69) is 15.3 Å². The summed E-state index contributed by atoms with van der Waals surface area (Å²) in [6.45, 7) is 4.56. The van der Waals surface area contributed by atoms with Crippen LogP contribution in [0, 0.1) is 18.7 Å². The van der Waals surface area contributed by atoms with Gasteiger partial charge >= 0.3 is 0 Å². The van der Waals surface area contributed by atoms with Crippen LogP contribution in [0.4, 0.5) is 21.7 Å². The number of anilines is 3. The molecule has 7 nitrogen and oxygen atoms in total. The van der Waals surface area contributed by atoms with Crippen LogP contribution in [0.15, 0.2) is 24.5 Å². The number of hydrogen-bond donors (Lipinski definition) is 3. The van der Waals surface area contributed by atoms with Crippen molar-refractivity contribution in [1.29, 1.82) is 0 Å². The number of hydrogen-bond acceptors (Lipinski definition) is 7. The first kappa shape index (κ1) is 24.2. The summed E-state index contributed by atoms with van der Waals surface area (Å²) in [5.74, 6) is -0.529. The monoisotopic (exact) mass is 463 g/mol. The number of aliphatic hydroxyl groups is 1. The number of aromatic nitrogens is 2. The molecule has 0 amide bonds. The summed E-state index contributed by atoms with van der Waals surface area (Å²) in [6, 6.07) is 5.36. The molecule has 4 N–H and O–H groups in total. The molecule has 0 saturated carbocycles. The van der Waals surface area contributed by atoms with Gasteiger partial charge in [-0.15, -0.1) is 0 Å². The van der Waals surface area contributed by atoms with Gasteiger partial charge in [0.1, 0.15) is 6.33 Å². The van der Waals surface area contributed by atoms with Crippen molar-refractivity contribution in [3.05, 3.63) is 40.9 Å². The van der Waals surface area contributed by atoms with Gasteiger partial charge in [0.2, 0.25) is 5.82 Å². The molecule has 0 spiro atoms. The van der Waals surface area contributed by atoms with E-state index in [9.17, 15) is 14.3 Å². The SMILES string of the molecule is CC(=O)[C@@H](CCCC[C@H]1CN(c2ncnc(N)c2F)CC[C@@H]1O)Nc1cc(C)cc(Cl)c1. The Morgan fingerprint density at radius 1 is 1.38 bits per heavy atom. The Hall–Kier alpha value is -2.45. The molecule has 0 aliphatic carbocycles. The molecule has 1 aromatic heterocycles. The molecule has 1 aliphatic rings. The summed E-state index contributed by atoms with van der Waals surface area (Å²) in [5, 5.41) is 14.4. The Bertz CT molecular complexity index is 924. The highest BCUT2D eigenvalue weighted by atomic mass is 35.5. The summed E-state index contributed by atoms with van der Waals surface area (Å²) < 4.78 is 14.3. The van der Waals surface area contributed by atoms with Gasteiger partial charge in [0.25, 0.3) is 0 Å². The molecule has 9 heteroatoms. The van der Waals surface area contributed by atoms with Crippen LogP contribution in [0.3, 0.4) is 0 Å². The molecule has 0 bridgehead atoms. The Morgan fingerprint density at radius 2 is 2.16 bits per heavy atom. The lowest BCUT2D eigenvalue weighted by Gasteiger charge is -2.37. The number of aliphatic hydroxyl groups excluding tert-OH is 1. The van der Waals surface area contributed by atoms with Crippen molar-refractivity contribution in [2.24, 2.45) is 5.92 Å². The topological polar surface area (TPSA) is 104 Å². The smallest absolute Gasteiger partial charge is 0.207 e. The first-order valence-electron chi connectivity index (χ1n) is 11.0. The number of nitrogens with zero attached hydrogens (tertiary/aromatic N) is 3. The van der Waals surface area contributed by atoms with E-state index in [4.69, 9.17) is 17.3 Å². The van der Waals surface area contributed by atoms with E-state index in [0.29, 0.717) is 31.0 Å². The Balaban J connectivity index is 1.52. The number of carbonyl (C=O) groups excluding carboxylic acids is 1. The van der Waals surface area contributed by atoms with Crippen LogP contribution in [0.25, 0.3) is 0 Å². The van der Waals surface area contributed by atoms with Crippen molar-refractivity contribution in [3.63, 3.8) is 0 Å². The molecule has 32 heavy (non-hydrogen) atoms. The number of nitrogen functional groups attached to an aromatic ring is 1. The minimum Gasteiger partial charge on any atom is -0.393 e. The number of Topliss-reactive ketones (excluding diaryl/α,β-unsaturated/α-hetero) is 1. The summed E-state index contributed by atoms with van der Waals surface area (Å²) in [6.07, 6.45) is 4.50. The van der Waals surface area contributed by atoms with Gasteiger partial charge in [-0.1, -0.05) is 24.4 Å². The van der Waals surface area contributed by atoms with Crippen molar-refractivity contribution >= 4 is 34.7 Å². The van der Waals surface area contributed by atoms with E-state index in [0.717, 1.165) is 30.5 Å². The average molecular weight is 464 g/mol. The number of piperidine rings is 1. The number of nitrogens with two attached hydrogens (primary N) is 1. The van der Waals surface area contributed by atoms with Crippen molar-refractivity contribution < 1.29 is 14.3 Å². The van der Waals surface area contributed by atoms with Gasteiger partial charge in [0.05, 0.1) is 12.1 Å². The number of halogens is 2. The fraction of sp³-hybridized carbons (Fsp3) is 0.522. The lowest BCUT2D eigenvalue weighted by molar-refractivity contribution is -0.117. The van der Waals surface area contributed by atoms with E-state index < -0.39 is 11.9 Å². The highest BCUT2D eigenvalue weighted by Gasteiger charge is 2.30. The number of carbonyl (C=O) groups is 1. The van der Waals surface area contributed by atoms with Crippen LogP contribution in [0.5, 0.6) is 0 Å². The highest BCUT2D eigenvalue weighted by molar-refractivity contribution is 6.30. The lowest BCUT2D eigenvalue weighted by atomic mass is 9.89. The molecule has 3 atom stereocenters. The van der Waals surface area contributed by atoms with Crippen molar-refractivity contribution in [3.8, 4) is 0 Å². The predicted octanol–water partition coefficient (Wildman–Crippen LogP) is 3.98. The third kappa shape index (κ3) is 6.29. The summed E-state index contributed by atoms with van der Waals surface area (Å²) in [5.41, 5.74) is 7.43. The van der Waals surface area contributed by atoms with E-state index >= 15 is 0 Å². The van der Waals surface area contributed by atoms with Gasteiger partial charge in [-0.05, 0) is 56.9 Å². The minimum absolute atomic E-state index is 0.00124. The van der Waals surface area contributed by atoms with Gasteiger partial charge in [-0.3, -0.25) is 4.79 Å². The zero-order valence-electron chi connectivity index (χ0n) is 18.5. The molecule has 3 rings (SSSR count). The molecule has 174 valence electrons. The molecule has 1 aromatic carbocycles. The Morgan fingerprint density at radius 3 is 2.88 bits per heavy atom. The lowest BCUT2D eigenvalue weighted by Crippen LogP contribution is -2.44. The second-order valence-corrected chi connectivity index (χ2v) is 9.00. The standard InChI is InChI=1S/C23H31ClFN5O2/c1-14-9-17(24)11-18(10-14)29-19(15(2)31)6-4-3-5-16-12-30(8-7-20(16)32)23-21(25)22(26)27-13-28-23/h9-11,13,16,19-20,29,32H,3-8,12H2,1-2H3,(H2,26,27,28)/t16-,19+,20-/m0/s1. The maximum Gasteiger partial charge on any atom is 0.207 e. The predicted molar refractivity (Wildman–Crippen MR) is 125 cm³/mol. The summed E-state index contributed by atoms with van der Waals surface area (Å²) in [7, 11) is 0. The summed E-state index contributed by atoms with van der Waals surface area (Å²) in [4.78, 5) is 21.7. The van der Waals surface area contributed by atoms with Crippen LogP contribution in [-0.4, -0.2) is 46.1 Å². The third-order valence-corrected chi connectivity index (χ3v) is 6.20. The summed E-state index contributed by atoms with van der Waals surface area (Å²) >= 11 is 6.12. The van der Waals surface area contributed by atoms with Crippen LogP contribution in [-0.2, 0) is 4.79 Å². The normalized spacial score (nSPS) is 19.6. The van der Waals surface area contributed by atoms with E-state index in [1.165, 1.54) is 6.33 Å². The van der Waals surface area contributed by atoms with E-state index in [1.807, 2.05) is 30.0 Å². The minimum atomic E-state index is -0.616. The zero-order valence-corrected chi connectivity index (χ0v) is 19.3. The largest absolute Gasteiger partial charge is 0.393 e. The average Bonchev–Trinajstić information content (AvgIpc) is 2.72. The fourth-order valence-corrected chi connectivity index (χ4v) is 4.53. The number of nitrogens with one attached hydrogen (secondary N) is 1. The van der Waals surface area contributed by atoms with Gasteiger partial charge < -0.3 is 21.1 Å². The number of unbranched alkanes of at least 4 members (excludes halogenated alkanes) is 1. The number of benzene rings is 1. The Kier molecular flexibility index (Phi) is 8.26. The van der Waals surface area contributed by atoms with Gasteiger partial charge in [0, 0.05) is 29.7 Å². The molecule has 1 fully saturated rings. The van der Waals surface area contributed by atoms with Crippen LogP contribution in [0.1, 0.15) is 44.6 Å². The molecule has 1 saturated heterocycles. The number of ketones is 1. The molecule has 1 aliphatic heterocycles. The molecular formula is C23H31ClFN5O2. The number of aryl methyl sites for hydroxylation is 1. The quantitative estimate of drug-likeness (QED) is 0.483. The maximum absolute atomic E-state index is 14.3. The molecule has 2 aromatic rings. The van der Waals surface area contributed by atoms with Crippen molar-refractivity contribution in [2.45, 2.75) is 58.1 Å². The second kappa shape index (κ2) is 10.9.